The van der Waals surface area contributed by atoms with Crippen LogP contribution in [-0.2, 0) is 6.54 Å². The molecule has 92 valence electrons. The average molecular weight is 237 g/mol. The maximum atomic E-state index is 4.08. The summed E-state index contributed by atoms with van der Waals surface area (Å²) in [6, 6.07) is 21.1. The molecule has 0 unspecified atom stereocenters. The first-order valence-electron chi connectivity index (χ1n) is 6.25. The Morgan fingerprint density at radius 2 is 1.56 bits per heavy atom. The molecule has 0 fully saturated rings. The standard InChI is InChI=1S/C17H19N/c1-14(2)17(16-11-7-4-8-12-16)18-13-15-9-5-3-6-10-15/h3-12,17-18H,1,13H2,2H3/t17-/m0/s1. The van der Waals surface area contributed by atoms with Crippen LogP contribution in [0.5, 0.6) is 0 Å². The van der Waals surface area contributed by atoms with E-state index in [1.807, 2.05) is 12.1 Å². The van der Waals surface area contributed by atoms with Gasteiger partial charge in [-0.3, -0.25) is 0 Å². The van der Waals surface area contributed by atoms with Crippen molar-refractivity contribution in [2.45, 2.75) is 19.5 Å². The third-order valence-electron chi connectivity index (χ3n) is 2.98. The number of rotatable bonds is 5. The van der Waals surface area contributed by atoms with Crippen molar-refractivity contribution in [2.24, 2.45) is 0 Å². The van der Waals surface area contributed by atoms with Gasteiger partial charge in [0.05, 0.1) is 6.04 Å². The smallest absolute Gasteiger partial charge is 0.0533 e. The van der Waals surface area contributed by atoms with E-state index in [1.165, 1.54) is 11.1 Å². The Labute approximate surface area is 109 Å². The van der Waals surface area contributed by atoms with E-state index in [1.54, 1.807) is 0 Å². The molecule has 0 radical (unpaired) electrons. The van der Waals surface area contributed by atoms with Gasteiger partial charge in [0, 0.05) is 6.54 Å². The molecule has 2 rings (SSSR count). The van der Waals surface area contributed by atoms with Gasteiger partial charge in [0.1, 0.15) is 0 Å². The van der Waals surface area contributed by atoms with Crippen molar-refractivity contribution >= 4 is 0 Å². The summed E-state index contributed by atoms with van der Waals surface area (Å²) in [6.07, 6.45) is 0. The molecule has 1 nitrogen and oxygen atoms in total. The summed E-state index contributed by atoms with van der Waals surface area (Å²) in [5, 5.41) is 3.55. The predicted molar refractivity (Wildman–Crippen MR) is 77.3 cm³/mol. The molecule has 2 aromatic carbocycles. The Hall–Kier alpha value is -1.86. The molecule has 0 aromatic heterocycles. The van der Waals surface area contributed by atoms with Crippen molar-refractivity contribution in [2.75, 3.05) is 0 Å². The fraction of sp³-hybridized carbons (Fsp3) is 0.176. The Kier molecular flexibility index (Phi) is 4.32. The van der Waals surface area contributed by atoms with Crippen molar-refractivity contribution in [3.05, 3.63) is 83.9 Å². The summed E-state index contributed by atoms with van der Waals surface area (Å²) in [4.78, 5) is 0. The van der Waals surface area contributed by atoms with Crippen LogP contribution in [0.25, 0.3) is 0 Å². The Balaban J connectivity index is 2.06. The van der Waals surface area contributed by atoms with Gasteiger partial charge in [-0.05, 0) is 18.1 Å². The number of hydrogen-bond donors (Lipinski definition) is 1. The highest BCUT2D eigenvalue weighted by Gasteiger charge is 2.10. The largest absolute Gasteiger partial charge is 0.302 e. The molecule has 0 heterocycles. The van der Waals surface area contributed by atoms with E-state index in [0.717, 1.165) is 12.1 Å². The third kappa shape index (κ3) is 3.31. The van der Waals surface area contributed by atoms with Crippen molar-refractivity contribution in [1.29, 1.82) is 0 Å². The van der Waals surface area contributed by atoms with E-state index in [4.69, 9.17) is 0 Å². The second-order valence-corrected chi connectivity index (χ2v) is 4.56. The first kappa shape index (κ1) is 12.6. The first-order valence-corrected chi connectivity index (χ1v) is 6.25. The van der Waals surface area contributed by atoms with Gasteiger partial charge in [-0.2, -0.15) is 0 Å². The summed E-state index contributed by atoms with van der Waals surface area (Å²) in [6.45, 7) is 7.00. The zero-order valence-electron chi connectivity index (χ0n) is 10.8. The van der Waals surface area contributed by atoms with Crippen LogP contribution in [0.15, 0.2) is 72.8 Å². The lowest BCUT2D eigenvalue weighted by molar-refractivity contribution is 0.597. The summed E-state index contributed by atoms with van der Waals surface area (Å²) < 4.78 is 0. The zero-order valence-corrected chi connectivity index (χ0v) is 10.8. The van der Waals surface area contributed by atoms with Crippen LogP contribution in [0.3, 0.4) is 0 Å². The molecule has 0 aliphatic heterocycles. The maximum Gasteiger partial charge on any atom is 0.0533 e. The molecule has 0 aliphatic rings. The van der Waals surface area contributed by atoms with Gasteiger partial charge in [0.15, 0.2) is 0 Å². The monoisotopic (exact) mass is 237 g/mol. The highest BCUT2D eigenvalue weighted by atomic mass is 14.9. The predicted octanol–water partition coefficient (Wildman–Crippen LogP) is 4.09. The van der Waals surface area contributed by atoms with E-state index in [9.17, 15) is 0 Å². The van der Waals surface area contributed by atoms with Crippen molar-refractivity contribution in [1.82, 2.24) is 5.32 Å². The quantitative estimate of drug-likeness (QED) is 0.772. The molecule has 0 amide bonds. The fourth-order valence-corrected chi connectivity index (χ4v) is 2.04. The molecule has 0 aliphatic carbocycles. The summed E-state index contributed by atoms with van der Waals surface area (Å²) in [5.74, 6) is 0. The van der Waals surface area contributed by atoms with Gasteiger partial charge in [-0.15, -0.1) is 0 Å². The van der Waals surface area contributed by atoms with Crippen LogP contribution in [0.1, 0.15) is 24.1 Å². The second kappa shape index (κ2) is 6.18. The average Bonchev–Trinajstić information content (AvgIpc) is 2.41. The normalized spacial score (nSPS) is 12.1. The highest BCUT2D eigenvalue weighted by molar-refractivity contribution is 5.26. The highest BCUT2D eigenvalue weighted by Crippen LogP contribution is 2.20. The van der Waals surface area contributed by atoms with Crippen molar-refractivity contribution in [3.8, 4) is 0 Å². The lowest BCUT2D eigenvalue weighted by atomic mass is 10.0. The van der Waals surface area contributed by atoms with Gasteiger partial charge in [0.2, 0.25) is 0 Å². The first-order chi connectivity index (χ1) is 8.77. The topological polar surface area (TPSA) is 12.0 Å². The number of nitrogens with one attached hydrogen (secondary N) is 1. The van der Waals surface area contributed by atoms with E-state index >= 15 is 0 Å². The number of benzene rings is 2. The lowest BCUT2D eigenvalue weighted by Crippen LogP contribution is -2.21. The van der Waals surface area contributed by atoms with Crippen LogP contribution in [-0.4, -0.2) is 0 Å². The van der Waals surface area contributed by atoms with Gasteiger partial charge in [-0.25, -0.2) is 0 Å². The van der Waals surface area contributed by atoms with Crippen molar-refractivity contribution < 1.29 is 0 Å². The minimum Gasteiger partial charge on any atom is -0.302 e. The van der Waals surface area contributed by atoms with E-state index < -0.39 is 0 Å². The molecule has 0 saturated heterocycles. The zero-order chi connectivity index (χ0) is 12.8. The van der Waals surface area contributed by atoms with E-state index in [-0.39, 0.29) is 6.04 Å². The van der Waals surface area contributed by atoms with Crippen LogP contribution in [0, 0.1) is 0 Å². The third-order valence-corrected chi connectivity index (χ3v) is 2.98. The minimum atomic E-state index is 0.214. The van der Waals surface area contributed by atoms with Gasteiger partial charge in [0.25, 0.3) is 0 Å². The molecule has 1 atom stereocenters. The van der Waals surface area contributed by atoms with E-state index in [2.05, 4.69) is 67.4 Å². The minimum absolute atomic E-state index is 0.214. The molecular formula is C17H19N. The van der Waals surface area contributed by atoms with Crippen LogP contribution in [0.4, 0.5) is 0 Å². The van der Waals surface area contributed by atoms with Crippen LogP contribution < -0.4 is 5.32 Å². The second-order valence-electron chi connectivity index (χ2n) is 4.56. The van der Waals surface area contributed by atoms with Gasteiger partial charge >= 0.3 is 0 Å². The summed E-state index contributed by atoms with van der Waals surface area (Å²) in [7, 11) is 0. The maximum absolute atomic E-state index is 4.08. The SMILES string of the molecule is C=C(C)[C@H](NCc1ccccc1)c1ccccc1. The van der Waals surface area contributed by atoms with Crippen LogP contribution >= 0.6 is 0 Å². The van der Waals surface area contributed by atoms with Gasteiger partial charge < -0.3 is 5.32 Å². The molecule has 0 saturated carbocycles. The summed E-state index contributed by atoms with van der Waals surface area (Å²) in [5.41, 5.74) is 3.69. The Bertz CT molecular complexity index is 488. The number of hydrogen-bond acceptors (Lipinski definition) is 1. The molecular weight excluding hydrogens is 218 g/mol. The Morgan fingerprint density at radius 3 is 2.11 bits per heavy atom. The summed E-state index contributed by atoms with van der Waals surface area (Å²) >= 11 is 0. The van der Waals surface area contributed by atoms with Crippen LogP contribution in [0.2, 0.25) is 0 Å². The molecule has 0 spiro atoms. The van der Waals surface area contributed by atoms with Gasteiger partial charge in [-0.1, -0.05) is 72.8 Å². The fourth-order valence-electron chi connectivity index (χ4n) is 2.04. The van der Waals surface area contributed by atoms with Crippen molar-refractivity contribution in [3.63, 3.8) is 0 Å². The molecule has 1 N–H and O–H groups in total. The molecule has 1 heteroatoms. The van der Waals surface area contributed by atoms with E-state index in [0.29, 0.717) is 0 Å². The molecule has 18 heavy (non-hydrogen) atoms. The molecule has 0 bridgehead atoms. The Morgan fingerprint density at radius 1 is 1.00 bits per heavy atom. The molecule has 2 aromatic rings. The lowest BCUT2D eigenvalue weighted by Gasteiger charge is -2.19.